The number of carbonyl (C=O) groups excluding carboxylic acids is 3. The van der Waals surface area contributed by atoms with Gasteiger partial charge in [-0.25, -0.2) is 14.0 Å². The van der Waals surface area contributed by atoms with E-state index in [1.54, 1.807) is 19.1 Å². The van der Waals surface area contributed by atoms with Gasteiger partial charge in [0.05, 0.1) is 23.9 Å². The van der Waals surface area contributed by atoms with Crippen LogP contribution in [0.1, 0.15) is 32.3 Å². The van der Waals surface area contributed by atoms with E-state index in [0.29, 0.717) is 12.8 Å². The molecular weight excluding hydrogens is 355 g/mol. The van der Waals surface area contributed by atoms with Crippen LogP contribution in [-0.2, 0) is 25.5 Å². The van der Waals surface area contributed by atoms with Crippen LogP contribution in [0.5, 0.6) is 0 Å². The number of esters is 2. The molecule has 1 aromatic carbocycles. The molecule has 8 heteroatoms. The number of urea groups is 1. The van der Waals surface area contributed by atoms with Crippen molar-refractivity contribution in [3.05, 3.63) is 46.9 Å². The second-order valence-corrected chi connectivity index (χ2v) is 5.96. The third kappa shape index (κ3) is 5.80. The van der Waals surface area contributed by atoms with Crippen LogP contribution in [0.15, 0.2) is 35.5 Å². The average molecular weight is 378 g/mol. The number of hydrogen-bond acceptors (Lipinski definition) is 5. The highest BCUT2D eigenvalue weighted by Crippen LogP contribution is 2.17. The second-order valence-electron chi connectivity index (χ2n) is 5.96. The van der Waals surface area contributed by atoms with Crippen LogP contribution in [0.3, 0.4) is 0 Å². The highest BCUT2D eigenvalue weighted by Gasteiger charge is 2.31. The Balaban J connectivity index is 2.00. The predicted octanol–water partition coefficient (Wildman–Crippen LogP) is 2.21. The zero-order chi connectivity index (χ0) is 19.8. The molecule has 1 aliphatic rings. The van der Waals surface area contributed by atoms with Crippen LogP contribution >= 0.6 is 0 Å². The molecule has 0 aromatic heterocycles. The number of hydrogen-bond donors (Lipinski definition) is 2. The number of nitrogens with one attached hydrogen (secondary N) is 2. The number of amides is 2. The molecule has 2 amide bonds. The second kappa shape index (κ2) is 9.70. The number of benzene rings is 1. The molecule has 7 nitrogen and oxygen atoms in total. The molecule has 1 aromatic rings. The fraction of sp³-hybridized carbons (Fsp3) is 0.421. The normalized spacial score (nSPS) is 16.4. The molecule has 0 radical (unpaired) electrons. The van der Waals surface area contributed by atoms with Gasteiger partial charge in [0.2, 0.25) is 0 Å². The van der Waals surface area contributed by atoms with Gasteiger partial charge in [0, 0.05) is 6.42 Å². The Morgan fingerprint density at radius 1 is 1.15 bits per heavy atom. The lowest BCUT2D eigenvalue weighted by Crippen LogP contribution is -2.51. The summed E-state index contributed by atoms with van der Waals surface area (Å²) in [6, 6.07) is 4.88. The van der Waals surface area contributed by atoms with Gasteiger partial charge in [-0.3, -0.25) is 4.79 Å². The van der Waals surface area contributed by atoms with Crippen molar-refractivity contribution >= 4 is 18.0 Å². The molecule has 0 saturated heterocycles. The fourth-order valence-electron chi connectivity index (χ4n) is 2.70. The minimum absolute atomic E-state index is 0.0943. The SMILES string of the molecule is CCOC(=O)C1=C(COC(=O)CCc2ccc(F)cc2)NC(=O)N[C@@H]1CC. The third-order valence-corrected chi connectivity index (χ3v) is 4.06. The summed E-state index contributed by atoms with van der Waals surface area (Å²) in [4.78, 5) is 36.0. The summed E-state index contributed by atoms with van der Waals surface area (Å²) in [6.45, 7) is 3.46. The minimum Gasteiger partial charge on any atom is -0.463 e. The maximum atomic E-state index is 12.9. The van der Waals surface area contributed by atoms with E-state index in [4.69, 9.17) is 9.47 Å². The van der Waals surface area contributed by atoms with Crippen LogP contribution in [0.25, 0.3) is 0 Å². The van der Waals surface area contributed by atoms with Crippen LogP contribution in [-0.4, -0.2) is 37.2 Å². The molecule has 1 aliphatic heterocycles. The molecule has 0 spiro atoms. The molecule has 0 aliphatic carbocycles. The highest BCUT2D eigenvalue weighted by molar-refractivity contribution is 5.94. The van der Waals surface area contributed by atoms with Gasteiger partial charge in [0.25, 0.3) is 0 Å². The summed E-state index contributed by atoms with van der Waals surface area (Å²) in [5.41, 5.74) is 1.28. The highest BCUT2D eigenvalue weighted by atomic mass is 19.1. The van der Waals surface area contributed by atoms with Crippen molar-refractivity contribution in [1.29, 1.82) is 0 Å². The zero-order valence-corrected chi connectivity index (χ0v) is 15.3. The third-order valence-electron chi connectivity index (χ3n) is 4.06. The number of carbonyl (C=O) groups is 3. The summed E-state index contributed by atoms with van der Waals surface area (Å²) in [5, 5.41) is 5.16. The maximum absolute atomic E-state index is 12.9. The summed E-state index contributed by atoms with van der Waals surface area (Å²) in [6.07, 6.45) is 0.981. The Kier molecular flexibility index (Phi) is 7.34. The van der Waals surface area contributed by atoms with Gasteiger partial charge in [-0.2, -0.15) is 0 Å². The van der Waals surface area contributed by atoms with E-state index < -0.39 is 24.0 Å². The summed E-state index contributed by atoms with van der Waals surface area (Å²) >= 11 is 0. The summed E-state index contributed by atoms with van der Waals surface area (Å²) < 4.78 is 23.1. The average Bonchev–Trinajstić information content (AvgIpc) is 2.65. The fourth-order valence-corrected chi connectivity index (χ4v) is 2.70. The minimum atomic E-state index is -0.561. The van der Waals surface area contributed by atoms with Crippen molar-refractivity contribution in [2.45, 2.75) is 39.2 Å². The Morgan fingerprint density at radius 2 is 1.85 bits per heavy atom. The molecular formula is C19H23FN2O5. The van der Waals surface area contributed by atoms with E-state index in [9.17, 15) is 18.8 Å². The van der Waals surface area contributed by atoms with Gasteiger partial charge < -0.3 is 20.1 Å². The van der Waals surface area contributed by atoms with Crippen molar-refractivity contribution in [3.63, 3.8) is 0 Å². The van der Waals surface area contributed by atoms with Crippen molar-refractivity contribution in [3.8, 4) is 0 Å². The van der Waals surface area contributed by atoms with Crippen LogP contribution in [0, 0.1) is 5.82 Å². The molecule has 1 heterocycles. The first kappa shape index (κ1) is 20.4. The number of ether oxygens (including phenoxy) is 2. The maximum Gasteiger partial charge on any atom is 0.338 e. The van der Waals surface area contributed by atoms with E-state index in [1.165, 1.54) is 12.1 Å². The van der Waals surface area contributed by atoms with Gasteiger partial charge >= 0.3 is 18.0 Å². The molecule has 0 saturated carbocycles. The van der Waals surface area contributed by atoms with Crippen LogP contribution < -0.4 is 10.6 Å². The van der Waals surface area contributed by atoms with Gasteiger partial charge in [-0.05, 0) is 37.5 Å². The standard InChI is InChI=1S/C19H23FN2O5/c1-3-14-17(18(24)26-4-2)15(22-19(25)21-14)11-27-16(23)10-7-12-5-8-13(20)9-6-12/h5-6,8-9,14H,3-4,7,10-11H2,1-2H3,(H2,21,22,25)/t14-/m1/s1. The van der Waals surface area contributed by atoms with Crippen LogP contribution in [0.4, 0.5) is 9.18 Å². The largest absolute Gasteiger partial charge is 0.463 e. The van der Waals surface area contributed by atoms with Gasteiger partial charge in [0.15, 0.2) is 0 Å². The van der Waals surface area contributed by atoms with Gasteiger partial charge in [-0.1, -0.05) is 19.1 Å². The van der Waals surface area contributed by atoms with Crippen molar-refractivity contribution in [1.82, 2.24) is 10.6 Å². The Morgan fingerprint density at radius 3 is 2.48 bits per heavy atom. The van der Waals surface area contributed by atoms with Crippen molar-refractivity contribution in [2.24, 2.45) is 0 Å². The molecule has 2 N–H and O–H groups in total. The van der Waals surface area contributed by atoms with Gasteiger partial charge in [0.1, 0.15) is 12.4 Å². The zero-order valence-electron chi connectivity index (χ0n) is 15.3. The smallest absolute Gasteiger partial charge is 0.338 e. The number of halogens is 1. The summed E-state index contributed by atoms with van der Waals surface area (Å²) in [5.74, 6) is -1.39. The lowest BCUT2D eigenvalue weighted by atomic mass is 10.0. The molecule has 1 atom stereocenters. The first-order chi connectivity index (χ1) is 12.9. The van der Waals surface area contributed by atoms with E-state index in [-0.39, 0.29) is 36.7 Å². The van der Waals surface area contributed by atoms with E-state index in [1.807, 2.05) is 6.92 Å². The lowest BCUT2D eigenvalue weighted by Gasteiger charge is -2.28. The molecule has 2 rings (SSSR count). The van der Waals surface area contributed by atoms with Gasteiger partial charge in [-0.15, -0.1) is 0 Å². The van der Waals surface area contributed by atoms with Crippen molar-refractivity contribution in [2.75, 3.05) is 13.2 Å². The first-order valence-electron chi connectivity index (χ1n) is 8.82. The molecule has 146 valence electrons. The first-order valence-corrected chi connectivity index (χ1v) is 8.82. The topological polar surface area (TPSA) is 93.7 Å². The molecule has 0 bridgehead atoms. The molecule has 0 unspecified atom stereocenters. The summed E-state index contributed by atoms with van der Waals surface area (Å²) in [7, 11) is 0. The lowest BCUT2D eigenvalue weighted by molar-refractivity contribution is -0.143. The number of aryl methyl sites for hydroxylation is 1. The van der Waals surface area contributed by atoms with Crippen LogP contribution in [0.2, 0.25) is 0 Å². The van der Waals surface area contributed by atoms with E-state index in [2.05, 4.69) is 10.6 Å². The Labute approximate surface area is 156 Å². The predicted molar refractivity (Wildman–Crippen MR) is 95.1 cm³/mol. The Hall–Kier alpha value is -2.90. The quantitative estimate of drug-likeness (QED) is 0.677. The van der Waals surface area contributed by atoms with Crippen molar-refractivity contribution < 1.29 is 28.2 Å². The molecule has 27 heavy (non-hydrogen) atoms. The van der Waals surface area contributed by atoms with E-state index in [0.717, 1.165) is 5.56 Å². The van der Waals surface area contributed by atoms with E-state index >= 15 is 0 Å². The Bertz CT molecular complexity index is 730. The molecule has 0 fully saturated rings. The number of rotatable bonds is 8. The monoisotopic (exact) mass is 378 g/mol.